The van der Waals surface area contributed by atoms with Crippen LogP contribution in [0.3, 0.4) is 0 Å². The number of hydrogen-bond donors (Lipinski definition) is 1. The number of nitrogens with two attached hydrogens (primary N) is 1. The summed E-state index contributed by atoms with van der Waals surface area (Å²) >= 11 is 6.06. The third-order valence-corrected chi connectivity index (χ3v) is 3.99. The fourth-order valence-corrected chi connectivity index (χ4v) is 3.08. The summed E-state index contributed by atoms with van der Waals surface area (Å²) in [6.07, 6.45) is 3.79. The molecular weight excluding hydrogens is 232 g/mol. The lowest BCUT2D eigenvalue weighted by Crippen LogP contribution is -2.37. The maximum atomic E-state index is 6.06. The maximum absolute atomic E-state index is 6.06. The number of hydrogen-bond acceptors (Lipinski definition) is 2. The minimum Gasteiger partial charge on any atom is -0.329 e. The molecule has 0 aliphatic carbocycles. The zero-order valence-electron chi connectivity index (χ0n) is 10.4. The summed E-state index contributed by atoms with van der Waals surface area (Å²) in [6.45, 7) is 4.08. The second kappa shape index (κ2) is 5.85. The van der Waals surface area contributed by atoms with Crippen molar-refractivity contribution < 1.29 is 0 Å². The lowest BCUT2D eigenvalue weighted by Gasteiger charge is -2.32. The summed E-state index contributed by atoms with van der Waals surface area (Å²) in [5, 5.41) is 0.799. The van der Waals surface area contributed by atoms with Crippen molar-refractivity contribution in [2.24, 2.45) is 5.73 Å². The highest BCUT2D eigenvalue weighted by Gasteiger charge is 2.29. The fraction of sp³-hybridized carbons (Fsp3) is 0.571. The highest BCUT2D eigenvalue weighted by molar-refractivity contribution is 6.30. The molecule has 17 heavy (non-hydrogen) atoms. The number of rotatable bonds is 4. The van der Waals surface area contributed by atoms with Crippen LogP contribution in [0.1, 0.15) is 37.8 Å². The Kier molecular flexibility index (Phi) is 4.43. The van der Waals surface area contributed by atoms with Gasteiger partial charge in [-0.15, -0.1) is 0 Å². The van der Waals surface area contributed by atoms with Crippen LogP contribution in [0.5, 0.6) is 0 Å². The Hall–Kier alpha value is -0.570. The van der Waals surface area contributed by atoms with Gasteiger partial charge in [0.05, 0.1) is 0 Å². The van der Waals surface area contributed by atoms with Crippen LogP contribution in [0.4, 0.5) is 0 Å². The zero-order chi connectivity index (χ0) is 12.3. The number of nitrogens with zero attached hydrogens (tertiary/aromatic N) is 1. The summed E-state index contributed by atoms with van der Waals surface area (Å²) in [7, 11) is 0. The molecule has 0 saturated carbocycles. The van der Waals surface area contributed by atoms with Gasteiger partial charge in [0, 0.05) is 23.7 Å². The molecule has 0 spiro atoms. The van der Waals surface area contributed by atoms with Crippen LogP contribution in [-0.2, 0) is 0 Å². The fourth-order valence-electron chi connectivity index (χ4n) is 2.88. The Labute approximate surface area is 109 Å². The average Bonchev–Trinajstić information content (AvgIpc) is 2.78. The van der Waals surface area contributed by atoms with Gasteiger partial charge in [-0.1, -0.05) is 30.7 Å². The molecule has 0 radical (unpaired) electrons. The van der Waals surface area contributed by atoms with Gasteiger partial charge < -0.3 is 5.73 Å². The van der Waals surface area contributed by atoms with Crippen molar-refractivity contribution in [3.05, 3.63) is 34.9 Å². The molecule has 2 unspecified atom stereocenters. The third-order valence-electron chi connectivity index (χ3n) is 3.75. The van der Waals surface area contributed by atoms with E-state index < -0.39 is 0 Å². The van der Waals surface area contributed by atoms with E-state index >= 15 is 0 Å². The minimum absolute atomic E-state index is 0.321. The second-order valence-electron chi connectivity index (χ2n) is 4.75. The lowest BCUT2D eigenvalue weighted by molar-refractivity contribution is 0.180. The van der Waals surface area contributed by atoms with E-state index in [2.05, 4.69) is 17.9 Å². The van der Waals surface area contributed by atoms with Gasteiger partial charge in [0.15, 0.2) is 0 Å². The first-order valence-corrected chi connectivity index (χ1v) is 6.85. The van der Waals surface area contributed by atoms with Gasteiger partial charge in [-0.05, 0) is 43.5 Å². The molecule has 2 rings (SSSR count). The molecule has 1 aliphatic rings. The van der Waals surface area contributed by atoms with Crippen LogP contribution in [0.2, 0.25) is 5.02 Å². The molecular formula is C14H21ClN2. The van der Waals surface area contributed by atoms with E-state index in [1.807, 2.05) is 18.2 Å². The first kappa shape index (κ1) is 12.9. The molecule has 2 atom stereocenters. The van der Waals surface area contributed by atoms with Gasteiger partial charge in [0.2, 0.25) is 0 Å². The maximum Gasteiger partial charge on any atom is 0.0473 e. The van der Waals surface area contributed by atoms with Crippen LogP contribution in [-0.4, -0.2) is 24.0 Å². The van der Waals surface area contributed by atoms with E-state index in [1.54, 1.807) is 0 Å². The van der Waals surface area contributed by atoms with E-state index in [1.165, 1.54) is 24.8 Å². The van der Waals surface area contributed by atoms with Crippen molar-refractivity contribution in [1.82, 2.24) is 4.90 Å². The van der Waals surface area contributed by atoms with Crippen molar-refractivity contribution in [3.8, 4) is 0 Å². The quantitative estimate of drug-likeness (QED) is 0.892. The summed E-state index contributed by atoms with van der Waals surface area (Å²) in [6, 6.07) is 9.11. The Morgan fingerprint density at radius 2 is 2.35 bits per heavy atom. The van der Waals surface area contributed by atoms with Crippen molar-refractivity contribution in [2.45, 2.75) is 38.3 Å². The van der Waals surface area contributed by atoms with Crippen LogP contribution in [0, 0.1) is 0 Å². The SMILES string of the molecule is CCC1CCCN1C(CN)c1cccc(Cl)c1. The molecule has 3 heteroatoms. The van der Waals surface area contributed by atoms with E-state index in [0.717, 1.165) is 11.6 Å². The summed E-state index contributed by atoms with van der Waals surface area (Å²) < 4.78 is 0. The van der Waals surface area contributed by atoms with E-state index in [4.69, 9.17) is 17.3 Å². The number of likely N-dealkylation sites (tertiary alicyclic amines) is 1. The molecule has 1 aromatic rings. The van der Waals surface area contributed by atoms with Crippen molar-refractivity contribution in [1.29, 1.82) is 0 Å². The zero-order valence-corrected chi connectivity index (χ0v) is 11.2. The van der Waals surface area contributed by atoms with Gasteiger partial charge in [-0.25, -0.2) is 0 Å². The molecule has 1 heterocycles. The predicted octanol–water partition coefficient (Wildman–Crippen LogP) is 3.21. The molecule has 1 saturated heterocycles. The second-order valence-corrected chi connectivity index (χ2v) is 5.19. The van der Waals surface area contributed by atoms with Crippen molar-refractivity contribution in [2.75, 3.05) is 13.1 Å². The van der Waals surface area contributed by atoms with E-state index in [0.29, 0.717) is 18.6 Å². The first-order chi connectivity index (χ1) is 8.26. The topological polar surface area (TPSA) is 29.3 Å². The molecule has 0 bridgehead atoms. The average molecular weight is 253 g/mol. The molecule has 0 amide bonds. The Morgan fingerprint density at radius 3 is 3.00 bits per heavy atom. The minimum atomic E-state index is 0.321. The standard InChI is InChI=1S/C14H21ClN2/c1-2-13-7-4-8-17(13)14(10-16)11-5-3-6-12(15)9-11/h3,5-6,9,13-14H,2,4,7-8,10,16H2,1H3. The molecule has 2 N–H and O–H groups in total. The normalized spacial score (nSPS) is 22.9. The third kappa shape index (κ3) is 2.82. The highest BCUT2D eigenvalue weighted by atomic mass is 35.5. The van der Waals surface area contributed by atoms with Crippen molar-refractivity contribution in [3.63, 3.8) is 0 Å². The van der Waals surface area contributed by atoms with Gasteiger partial charge in [-0.2, -0.15) is 0 Å². The van der Waals surface area contributed by atoms with E-state index in [9.17, 15) is 0 Å². The molecule has 0 aromatic heterocycles. The Bertz CT molecular complexity index is 367. The lowest BCUT2D eigenvalue weighted by atomic mass is 10.0. The molecule has 1 fully saturated rings. The van der Waals surface area contributed by atoms with Crippen LogP contribution in [0.25, 0.3) is 0 Å². The van der Waals surface area contributed by atoms with Crippen molar-refractivity contribution >= 4 is 11.6 Å². The van der Waals surface area contributed by atoms with Gasteiger partial charge in [0.1, 0.15) is 0 Å². The number of halogens is 1. The summed E-state index contributed by atoms with van der Waals surface area (Å²) in [5.74, 6) is 0. The number of benzene rings is 1. The molecule has 2 nitrogen and oxygen atoms in total. The highest BCUT2D eigenvalue weighted by Crippen LogP contribution is 2.31. The first-order valence-electron chi connectivity index (χ1n) is 6.47. The largest absolute Gasteiger partial charge is 0.329 e. The van der Waals surface area contributed by atoms with Gasteiger partial charge >= 0.3 is 0 Å². The molecule has 94 valence electrons. The predicted molar refractivity (Wildman–Crippen MR) is 73.3 cm³/mol. The van der Waals surface area contributed by atoms with Gasteiger partial charge in [-0.3, -0.25) is 4.90 Å². The monoisotopic (exact) mass is 252 g/mol. The van der Waals surface area contributed by atoms with Gasteiger partial charge in [0.25, 0.3) is 0 Å². The van der Waals surface area contributed by atoms with Crippen LogP contribution >= 0.6 is 11.6 Å². The molecule has 1 aliphatic heterocycles. The molecule has 1 aromatic carbocycles. The Balaban J connectivity index is 2.21. The van der Waals surface area contributed by atoms with E-state index in [-0.39, 0.29) is 0 Å². The smallest absolute Gasteiger partial charge is 0.0473 e. The Morgan fingerprint density at radius 1 is 1.53 bits per heavy atom. The summed E-state index contributed by atoms with van der Waals surface area (Å²) in [5.41, 5.74) is 7.22. The van der Waals surface area contributed by atoms with Crippen LogP contribution in [0.15, 0.2) is 24.3 Å². The van der Waals surface area contributed by atoms with Crippen LogP contribution < -0.4 is 5.73 Å². The summed E-state index contributed by atoms with van der Waals surface area (Å²) in [4.78, 5) is 2.55.